The van der Waals surface area contributed by atoms with Gasteiger partial charge in [-0.15, -0.1) is 0 Å². The van der Waals surface area contributed by atoms with E-state index >= 15 is 0 Å². The Morgan fingerprint density at radius 3 is 1.74 bits per heavy atom. The second-order valence-electron chi connectivity index (χ2n) is 12.0. The highest BCUT2D eigenvalue weighted by Crippen LogP contribution is 2.61. The van der Waals surface area contributed by atoms with Crippen LogP contribution in [0.1, 0.15) is 65.5 Å². The number of aryl methyl sites for hydroxylation is 2. The van der Waals surface area contributed by atoms with E-state index in [9.17, 15) is 19.2 Å². The van der Waals surface area contributed by atoms with Gasteiger partial charge < -0.3 is 10.1 Å². The number of anilines is 1. The van der Waals surface area contributed by atoms with Gasteiger partial charge in [-0.1, -0.05) is 78.3 Å². The van der Waals surface area contributed by atoms with Crippen LogP contribution < -0.4 is 5.32 Å². The minimum atomic E-state index is -1.11. The summed E-state index contributed by atoms with van der Waals surface area (Å²) in [7, 11) is 0. The number of nitrogens with one attached hydrogen (secondary N) is 1. The van der Waals surface area contributed by atoms with E-state index in [1.165, 1.54) is 0 Å². The lowest BCUT2D eigenvalue weighted by molar-refractivity contribution is -0.160. The Balaban J connectivity index is 1.25. The molecule has 42 heavy (non-hydrogen) atoms. The van der Waals surface area contributed by atoms with Crippen LogP contribution in [0.15, 0.2) is 65.1 Å². The van der Waals surface area contributed by atoms with Crippen molar-refractivity contribution >= 4 is 45.3 Å². The Bertz CT molecular complexity index is 1490. The molecule has 3 atom stereocenters. The first-order valence-electron chi connectivity index (χ1n) is 14.4. The summed E-state index contributed by atoms with van der Waals surface area (Å²) in [5.41, 5.74) is 6.81. The normalized spacial score (nSPS) is 22.5. The van der Waals surface area contributed by atoms with E-state index in [2.05, 4.69) is 21.2 Å². The molecule has 3 aromatic carbocycles. The molecule has 0 unspecified atom stereocenters. The van der Waals surface area contributed by atoms with Crippen molar-refractivity contribution in [1.82, 2.24) is 4.90 Å². The molecule has 216 valence electrons. The molecule has 0 spiro atoms. The van der Waals surface area contributed by atoms with Crippen LogP contribution in [0.5, 0.6) is 0 Å². The van der Waals surface area contributed by atoms with Gasteiger partial charge in [0.05, 0.1) is 11.8 Å². The maximum atomic E-state index is 14.2. The molecule has 3 aromatic rings. The van der Waals surface area contributed by atoms with Gasteiger partial charge >= 0.3 is 5.97 Å². The van der Waals surface area contributed by atoms with Gasteiger partial charge in [-0.05, 0) is 71.7 Å². The van der Waals surface area contributed by atoms with Crippen LogP contribution in [-0.4, -0.2) is 41.2 Å². The lowest BCUT2D eigenvalue weighted by Gasteiger charge is -2.45. The maximum absolute atomic E-state index is 14.2. The number of rotatable bonds is 7. The zero-order valence-corrected chi connectivity index (χ0v) is 25.6. The second-order valence-corrected chi connectivity index (χ2v) is 12.8. The molecular formula is C34H33BrN2O5. The van der Waals surface area contributed by atoms with E-state index in [0.29, 0.717) is 5.69 Å². The molecule has 7 nitrogen and oxygen atoms in total. The third-order valence-corrected chi connectivity index (χ3v) is 10.1. The minimum Gasteiger partial charge on any atom is -0.454 e. The van der Waals surface area contributed by atoms with Gasteiger partial charge in [-0.25, -0.2) is 4.79 Å². The van der Waals surface area contributed by atoms with Crippen molar-refractivity contribution in [3.8, 4) is 0 Å². The van der Waals surface area contributed by atoms with E-state index in [1.54, 1.807) is 0 Å². The number of nitrogens with zero attached hydrogens (tertiary/aromatic N) is 1. The molecule has 1 aliphatic heterocycles. The van der Waals surface area contributed by atoms with Crippen LogP contribution in [0.3, 0.4) is 0 Å². The van der Waals surface area contributed by atoms with E-state index in [1.807, 2.05) is 88.4 Å². The second kappa shape index (κ2) is 10.8. The number of hydrogen-bond donors (Lipinski definition) is 1. The summed E-state index contributed by atoms with van der Waals surface area (Å²) < 4.78 is 6.43. The van der Waals surface area contributed by atoms with Crippen LogP contribution in [-0.2, 0) is 23.9 Å². The Kier molecular flexibility index (Phi) is 7.29. The third-order valence-electron chi connectivity index (χ3n) is 8.83. The molecule has 1 N–H and O–H groups in total. The van der Waals surface area contributed by atoms with E-state index < -0.39 is 36.4 Å². The lowest BCUT2D eigenvalue weighted by atomic mass is 9.55. The van der Waals surface area contributed by atoms with E-state index in [-0.39, 0.29) is 36.0 Å². The first-order valence-corrected chi connectivity index (χ1v) is 15.2. The number of carbonyl (C=O) groups is 4. The van der Waals surface area contributed by atoms with Crippen molar-refractivity contribution in [3.63, 3.8) is 0 Å². The highest BCUT2D eigenvalue weighted by Gasteiger charge is 2.63. The average molecular weight is 630 g/mol. The number of likely N-dealkylation sites (tertiary alicyclic amines) is 1. The Morgan fingerprint density at radius 1 is 0.857 bits per heavy atom. The fraction of sp³-hybridized carbons (Fsp3) is 0.353. The summed E-state index contributed by atoms with van der Waals surface area (Å²) in [6.07, 6.45) is 0.248. The number of carbonyl (C=O) groups excluding carboxylic acids is 4. The van der Waals surface area contributed by atoms with E-state index in [4.69, 9.17) is 4.74 Å². The predicted molar refractivity (Wildman–Crippen MR) is 162 cm³/mol. The summed E-state index contributed by atoms with van der Waals surface area (Å²) in [6, 6.07) is 18.6. The number of ether oxygens (including phenoxy) is 1. The van der Waals surface area contributed by atoms with Crippen molar-refractivity contribution in [1.29, 1.82) is 0 Å². The van der Waals surface area contributed by atoms with Gasteiger partial charge in [0.15, 0.2) is 6.61 Å². The quantitative estimate of drug-likeness (QED) is 0.262. The average Bonchev–Trinajstić information content (AvgIpc) is 3.23. The van der Waals surface area contributed by atoms with Crippen LogP contribution in [0.2, 0.25) is 0 Å². The fourth-order valence-corrected chi connectivity index (χ4v) is 7.44. The van der Waals surface area contributed by atoms with Gasteiger partial charge in [0.25, 0.3) is 5.91 Å². The number of halogens is 1. The molecule has 2 bridgehead atoms. The largest absolute Gasteiger partial charge is 0.454 e. The first kappa shape index (κ1) is 28.3. The van der Waals surface area contributed by atoms with Crippen LogP contribution in [0.25, 0.3) is 0 Å². The molecule has 0 saturated carbocycles. The minimum absolute atomic E-state index is 0.000521. The van der Waals surface area contributed by atoms with Gasteiger partial charge in [0.1, 0.15) is 6.04 Å². The predicted octanol–water partition coefficient (Wildman–Crippen LogP) is 5.85. The number of imide groups is 1. The molecule has 7 rings (SSSR count). The topological polar surface area (TPSA) is 92.8 Å². The summed E-state index contributed by atoms with van der Waals surface area (Å²) in [6.45, 7) is 7.19. The summed E-state index contributed by atoms with van der Waals surface area (Å²) >= 11 is 3.52. The van der Waals surface area contributed by atoms with Crippen molar-refractivity contribution in [2.75, 3.05) is 11.9 Å². The molecule has 0 aromatic heterocycles. The maximum Gasteiger partial charge on any atom is 0.329 e. The van der Waals surface area contributed by atoms with Crippen molar-refractivity contribution in [2.45, 2.75) is 52.0 Å². The molecular weight excluding hydrogens is 596 g/mol. The van der Waals surface area contributed by atoms with Crippen LogP contribution >= 0.6 is 15.9 Å². The molecule has 0 radical (unpaired) electrons. The molecule has 4 aliphatic rings. The highest BCUT2D eigenvalue weighted by molar-refractivity contribution is 9.10. The first-order chi connectivity index (χ1) is 20.1. The number of hydrogen-bond acceptors (Lipinski definition) is 5. The SMILES string of the molecule is Cc1cc(NC(=O)COC(=O)[C@@H](CC(C)C)N2C(=O)[C@@H]3C4c5ccccc5C(c5ccccc54)[C@@H]3C2=O)cc(C)c1Br. The summed E-state index contributed by atoms with van der Waals surface area (Å²) in [5.74, 6) is -3.59. The highest BCUT2D eigenvalue weighted by atomic mass is 79.9. The molecule has 3 aliphatic carbocycles. The smallest absolute Gasteiger partial charge is 0.329 e. The summed E-state index contributed by atoms with van der Waals surface area (Å²) in [5, 5.41) is 2.77. The molecule has 1 fully saturated rings. The van der Waals surface area contributed by atoms with Gasteiger partial charge in [0.2, 0.25) is 11.8 Å². The number of esters is 1. The standard InChI is InChI=1S/C34H33BrN2O5/c1-17(2)13-25(34(41)42-16-26(38)36-20-14-18(3)31(35)19(4)15-20)37-32(39)29-27-21-9-5-6-10-22(21)28(30(29)33(37)40)24-12-8-7-11-23(24)27/h5-12,14-15,17,25,27-30H,13,16H2,1-4H3,(H,36,38)/t25-,27?,28?,29-,30+/m1/s1. The zero-order valence-electron chi connectivity index (χ0n) is 24.0. The lowest BCUT2D eigenvalue weighted by Crippen LogP contribution is -2.47. The van der Waals surface area contributed by atoms with Crippen LogP contribution in [0, 0.1) is 31.6 Å². The van der Waals surface area contributed by atoms with Crippen molar-refractivity contribution in [2.24, 2.45) is 17.8 Å². The van der Waals surface area contributed by atoms with E-state index in [0.717, 1.165) is 42.8 Å². The van der Waals surface area contributed by atoms with Gasteiger partial charge in [-0.2, -0.15) is 0 Å². The van der Waals surface area contributed by atoms with Gasteiger partial charge in [0, 0.05) is 22.0 Å². The number of amides is 3. The number of benzene rings is 3. The van der Waals surface area contributed by atoms with Crippen molar-refractivity contribution in [3.05, 3.63) is 98.5 Å². The third kappa shape index (κ3) is 4.56. The van der Waals surface area contributed by atoms with Gasteiger partial charge in [-0.3, -0.25) is 19.3 Å². The Labute approximate surface area is 253 Å². The fourth-order valence-electron chi connectivity index (χ4n) is 7.21. The Morgan fingerprint density at radius 2 is 1.31 bits per heavy atom. The van der Waals surface area contributed by atoms with Crippen LogP contribution in [0.4, 0.5) is 5.69 Å². The monoisotopic (exact) mass is 628 g/mol. The molecule has 8 heteroatoms. The molecule has 3 amide bonds. The van der Waals surface area contributed by atoms with Crippen molar-refractivity contribution < 1.29 is 23.9 Å². The molecule has 1 heterocycles. The zero-order chi connectivity index (χ0) is 29.9. The summed E-state index contributed by atoms with van der Waals surface area (Å²) in [4.78, 5) is 55.8. The Hall–Kier alpha value is -3.78. The molecule has 1 saturated heterocycles.